The van der Waals surface area contributed by atoms with Gasteiger partial charge < -0.3 is 5.32 Å². The van der Waals surface area contributed by atoms with Crippen molar-refractivity contribution in [1.29, 1.82) is 0 Å². The van der Waals surface area contributed by atoms with Gasteiger partial charge in [-0.1, -0.05) is 40.5 Å². The highest BCUT2D eigenvalue weighted by Gasteiger charge is 2.33. The Morgan fingerprint density at radius 2 is 1.88 bits per heavy atom. The Kier molecular flexibility index (Phi) is 6.54. The Labute approximate surface area is 109 Å². The maximum atomic E-state index is 3.41. The second-order valence-electron chi connectivity index (χ2n) is 6.56. The molecule has 0 aromatic carbocycles. The van der Waals surface area contributed by atoms with E-state index in [0.29, 0.717) is 0 Å². The Hall–Kier alpha value is -0.0400. The summed E-state index contributed by atoms with van der Waals surface area (Å²) in [6.07, 6.45) is 7.14. The minimum Gasteiger partial charge on any atom is -0.319 e. The third kappa shape index (κ3) is 4.28. The third-order valence-electron chi connectivity index (χ3n) is 4.97. The van der Waals surface area contributed by atoms with Gasteiger partial charge in [0.05, 0.1) is 0 Å². The predicted octanol–water partition coefficient (Wildman–Crippen LogP) is 4.33. The summed E-state index contributed by atoms with van der Waals surface area (Å²) in [6, 6.07) is 0. The maximum Gasteiger partial charge on any atom is -0.00208 e. The number of nitrogens with one attached hydrogen (secondary N) is 1. The van der Waals surface area contributed by atoms with Crippen molar-refractivity contribution in [3.05, 3.63) is 0 Å². The molecule has 0 aliphatic heterocycles. The van der Waals surface area contributed by atoms with Crippen molar-refractivity contribution in [3.63, 3.8) is 0 Å². The molecule has 0 radical (unpaired) electrons. The molecule has 1 nitrogen and oxygen atoms in total. The Balaban J connectivity index is 2.61. The second kappa shape index (κ2) is 7.41. The molecule has 1 heteroatoms. The zero-order chi connectivity index (χ0) is 12.8. The van der Waals surface area contributed by atoms with Gasteiger partial charge in [0.15, 0.2) is 0 Å². The number of hydrogen-bond acceptors (Lipinski definition) is 1. The first-order chi connectivity index (χ1) is 8.10. The average Bonchev–Trinajstić information content (AvgIpc) is 2.30. The summed E-state index contributed by atoms with van der Waals surface area (Å²) in [5.41, 5.74) is 0. The fraction of sp³-hybridized carbons (Fsp3) is 1.00. The summed E-state index contributed by atoms with van der Waals surface area (Å²) in [7, 11) is 2.11. The predicted molar refractivity (Wildman–Crippen MR) is 77.2 cm³/mol. The normalized spacial score (nSPS) is 31.8. The topological polar surface area (TPSA) is 12.0 Å². The molecule has 0 spiro atoms. The van der Waals surface area contributed by atoms with Gasteiger partial charge in [0.1, 0.15) is 0 Å². The van der Waals surface area contributed by atoms with Crippen LogP contribution in [-0.4, -0.2) is 13.6 Å². The highest BCUT2D eigenvalue weighted by Crippen LogP contribution is 2.41. The molecule has 0 heterocycles. The summed E-state index contributed by atoms with van der Waals surface area (Å²) in [4.78, 5) is 0. The molecule has 0 aromatic rings. The Morgan fingerprint density at radius 3 is 2.41 bits per heavy atom. The standard InChI is InChI=1S/C16H33N/c1-6-7-13(4)16-10-14(12(2)3)8-9-15(16)11-17-5/h12-17H,6-11H2,1-5H3. The van der Waals surface area contributed by atoms with Gasteiger partial charge in [-0.15, -0.1) is 0 Å². The van der Waals surface area contributed by atoms with E-state index in [4.69, 9.17) is 0 Å². The van der Waals surface area contributed by atoms with Crippen molar-refractivity contribution in [2.45, 2.75) is 59.8 Å². The van der Waals surface area contributed by atoms with Gasteiger partial charge in [-0.25, -0.2) is 0 Å². The fourth-order valence-corrected chi connectivity index (χ4v) is 3.79. The first kappa shape index (κ1) is 15.0. The molecule has 102 valence electrons. The lowest BCUT2D eigenvalue weighted by molar-refractivity contribution is 0.101. The lowest BCUT2D eigenvalue weighted by Crippen LogP contribution is -2.36. The summed E-state index contributed by atoms with van der Waals surface area (Å²) in [5, 5.41) is 3.41. The minimum atomic E-state index is 0.877. The van der Waals surface area contributed by atoms with E-state index in [2.05, 4.69) is 40.1 Å². The van der Waals surface area contributed by atoms with Crippen LogP contribution in [-0.2, 0) is 0 Å². The molecule has 0 amide bonds. The molecule has 17 heavy (non-hydrogen) atoms. The van der Waals surface area contributed by atoms with Crippen LogP contribution in [0.4, 0.5) is 0 Å². The van der Waals surface area contributed by atoms with Crippen molar-refractivity contribution in [2.24, 2.45) is 29.6 Å². The molecule has 4 atom stereocenters. The van der Waals surface area contributed by atoms with E-state index in [1.54, 1.807) is 0 Å². The molecule has 1 N–H and O–H groups in total. The van der Waals surface area contributed by atoms with Crippen LogP contribution in [0.5, 0.6) is 0 Å². The van der Waals surface area contributed by atoms with E-state index in [1.807, 2.05) is 0 Å². The Bertz CT molecular complexity index is 200. The molecule has 1 aliphatic carbocycles. The van der Waals surface area contributed by atoms with E-state index in [9.17, 15) is 0 Å². The van der Waals surface area contributed by atoms with Crippen molar-refractivity contribution >= 4 is 0 Å². The fourth-order valence-electron chi connectivity index (χ4n) is 3.79. The third-order valence-corrected chi connectivity index (χ3v) is 4.97. The molecule has 1 rings (SSSR count). The highest BCUT2D eigenvalue weighted by molar-refractivity contribution is 4.85. The quantitative estimate of drug-likeness (QED) is 0.727. The average molecular weight is 239 g/mol. The van der Waals surface area contributed by atoms with Gasteiger partial charge in [-0.2, -0.15) is 0 Å². The molecule has 1 fully saturated rings. The molecule has 1 saturated carbocycles. The van der Waals surface area contributed by atoms with Gasteiger partial charge in [-0.3, -0.25) is 0 Å². The largest absolute Gasteiger partial charge is 0.319 e. The molecule has 4 unspecified atom stereocenters. The van der Waals surface area contributed by atoms with Gasteiger partial charge in [0, 0.05) is 0 Å². The molecular weight excluding hydrogens is 206 g/mol. The Morgan fingerprint density at radius 1 is 1.18 bits per heavy atom. The zero-order valence-corrected chi connectivity index (χ0v) is 12.6. The van der Waals surface area contributed by atoms with Gasteiger partial charge >= 0.3 is 0 Å². The van der Waals surface area contributed by atoms with E-state index >= 15 is 0 Å². The first-order valence-electron chi connectivity index (χ1n) is 7.74. The summed E-state index contributed by atoms with van der Waals surface area (Å²) < 4.78 is 0. The van der Waals surface area contributed by atoms with Crippen LogP contribution < -0.4 is 5.32 Å². The summed E-state index contributed by atoms with van der Waals surface area (Å²) in [5.74, 6) is 4.66. The smallest absolute Gasteiger partial charge is 0.00208 e. The summed E-state index contributed by atoms with van der Waals surface area (Å²) >= 11 is 0. The van der Waals surface area contributed by atoms with Gasteiger partial charge in [0.25, 0.3) is 0 Å². The van der Waals surface area contributed by atoms with Crippen LogP contribution in [0.15, 0.2) is 0 Å². The number of hydrogen-bond donors (Lipinski definition) is 1. The van der Waals surface area contributed by atoms with Crippen LogP contribution in [0.3, 0.4) is 0 Å². The monoisotopic (exact) mass is 239 g/mol. The maximum absolute atomic E-state index is 3.41. The highest BCUT2D eigenvalue weighted by atomic mass is 14.8. The van der Waals surface area contributed by atoms with Crippen LogP contribution >= 0.6 is 0 Å². The van der Waals surface area contributed by atoms with E-state index < -0.39 is 0 Å². The molecule has 1 aliphatic rings. The first-order valence-corrected chi connectivity index (χ1v) is 7.74. The lowest BCUT2D eigenvalue weighted by atomic mass is 9.66. The number of rotatable bonds is 6. The van der Waals surface area contributed by atoms with Crippen LogP contribution in [0.25, 0.3) is 0 Å². The van der Waals surface area contributed by atoms with E-state index in [-0.39, 0.29) is 0 Å². The lowest BCUT2D eigenvalue weighted by Gasteiger charge is -2.41. The summed E-state index contributed by atoms with van der Waals surface area (Å²) in [6.45, 7) is 10.9. The van der Waals surface area contributed by atoms with Crippen molar-refractivity contribution < 1.29 is 0 Å². The molecule has 0 saturated heterocycles. The van der Waals surface area contributed by atoms with Crippen molar-refractivity contribution in [3.8, 4) is 0 Å². The second-order valence-corrected chi connectivity index (χ2v) is 6.56. The molecule has 0 bridgehead atoms. The van der Waals surface area contributed by atoms with Crippen LogP contribution in [0, 0.1) is 29.6 Å². The molecule has 0 aromatic heterocycles. The van der Waals surface area contributed by atoms with Crippen molar-refractivity contribution in [1.82, 2.24) is 5.32 Å². The molecular formula is C16H33N. The van der Waals surface area contributed by atoms with Crippen LogP contribution in [0.2, 0.25) is 0 Å². The minimum absolute atomic E-state index is 0.877. The van der Waals surface area contributed by atoms with Crippen LogP contribution in [0.1, 0.15) is 59.8 Å². The van der Waals surface area contributed by atoms with Crippen molar-refractivity contribution in [2.75, 3.05) is 13.6 Å². The van der Waals surface area contributed by atoms with Gasteiger partial charge in [0.2, 0.25) is 0 Å². The SMILES string of the molecule is CCCC(C)C1CC(C(C)C)CCC1CNC. The van der Waals surface area contributed by atoms with E-state index in [0.717, 1.165) is 29.6 Å². The van der Waals surface area contributed by atoms with E-state index in [1.165, 1.54) is 38.6 Å². The zero-order valence-electron chi connectivity index (χ0n) is 12.6. The van der Waals surface area contributed by atoms with Gasteiger partial charge in [-0.05, 0) is 62.4 Å².